The lowest BCUT2D eigenvalue weighted by molar-refractivity contribution is -0.384. The number of hydrogen-bond acceptors (Lipinski definition) is 4. The molecule has 2 rings (SSSR count). The van der Waals surface area contributed by atoms with Gasteiger partial charge in [0, 0.05) is 25.7 Å². The molecule has 21 heavy (non-hydrogen) atoms. The van der Waals surface area contributed by atoms with Gasteiger partial charge in [0.1, 0.15) is 5.69 Å². The Balaban J connectivity index is 2.41. The standard InChI is InChI=1S/C16H19N3O2/c1-13-6-5-9-15(19(20)21)16(13)18(11-10-17)12-14-7-3-2-4-8-14/h2-9H,10-12,17H2,1H3. The minimum Gasteiger partial charge on any atom is -0.360 e. The normalized spacial score (nSPS) is 10.4. The smallest absolute Gasteiger partial charge is 0.292 e. The van der Waals surface area contributed by atoms with Crippen LogP contribution < -0.4 is 10.6 Å². The number of rotatable bonds is 6. The van der Waals surface area contributed by atoms with Crippen molar-refractivity contribution >= 4 is 11.4 Å². The van der Waals surface area contributed by atoms with E-state index in [-0.39, 0.29) is 10.6 Å². The van der Waals surface area contributed by atoms with Crippen LogP contribution in [0, 0.1) is 17.0 Å². The molecular weight excluding hydrogens is 266 g/mol. The van der Waals surface area contributed by atoms with Crippen molar-refractivity contribution in [2.24, 2.45) is 5.73 Å². The molecule has 2 aromatic carbocycles. The molecular formula is C16H19N3O2. The third-order valence-corrected chi connectivity index (χ3v) is 3.34. The molecule has 0 saturated heterocycles. The molecule has 5 heteroatoms. The topological polar surface area (TPSA) is 72.4 Å². The zero-order valence-electron chi connectivity index (χ0n) is 12.0. The number of nitrogens with zero attached hydrogens (tertiary/aromatic N) is 2. The first-order chi connectivity index (χ1) is 10.1. The van der Waals surface area contributed by atoms with E-state index in [0.717, 1.165) is 11.1 Å². The Morgan fingerprint density at radius 3 is 2.48 bits per heavy atom. The van der Waals surface area contributed by atoms with Crippen molar-refractivity contribution < 1.29 is 4.92 Å². The van der Waals surface area contributed by atoms with Gasteiger partial charge in [0.15, 0.2) is 0 Å². The van der Waals surface area contributed by atoms with E-state index in [4.69, 9.17) is 5.73 Å². The molecule has 0 aliphatic rings. The van der Waals surface area contributed by atoms with Crippen LogP contribution in [0.4, 0.5) is 11.4 Å². The Morgan fingerprint density at radius 2 is 1.86 bits per heavy atom. The molecule has 2 aromatic rings. The number of nitro groups is 1. The lowest BCUT2D eigenvalue weighted by Crippen LogP contribution is -2.30. The Labute approximate surface area is 124 Å². The summed E-state index contributed by atoms with van der Waals surface area (Å²) in [6, 6.07) is 15.0. The van der Waals surface area contributed by atoms with E-state index in [0.29, 0.717) is 25.3 Å². The fourth-order valence-electron chi connectivity index (χ4n) is 2.43. The van der Waals surface area contributed by atoms with E-state index in [2.05, 4.69) is 0 Å². The van der Waals surface area contributed by atoms with E-state index in [1.807, 2.05) is 48.2 Å². The molecule has 0 atom stereocenters. The zero-order chi connectivity index (χ0) is 15.2. The summed E-state index contributed by atoms with van der Waals surface area (Å²) in [6.07, 6.45) is 0. The molecule has 5 nitrogen and oxygen atoms in total. The maximum atomic E-state index is 11.3. The molecule has 0 aliphatic heterocycles. The van der Waals surface area contributed by atoms with Crippen molar-refractivity contribution in [3.63, 3.8) is 0 Å². The van der Waals surface area contributed by atoms with Crippen molar-refractivity contribution in [1.29, 1.82) is 0 Å². The fourth-order valence-corrected chi connectivity index (χ4v) is 2.43. The first kappa shape index (κ1) is 15.0. The molecule has 110 valence electrons. The molecule has 0 saturated carbocycles. The van der Waals surface area contributed by atoms with E-state index < -0.39 is 0 Å². The number of anilines is 1. The quantitative estimate of drug-likeness (QED) is 0.654. The number of para-hydroxylation sites is 1. The van der Waals surface area contributed by atoms with Crippen molar-refractivity contribution in [2.45, 2.75) is 13.5 Å². The third-order valence-electron chi connectivity index (χ3n) is 3.34. The van der Waals surface area contributed by atoms with Gasteiger partial charge in [-0.1, -0.05) is 42.5 Å². The van der Waals surface area contributed by atoms with Gasteiger partial charge in [-0.05, 0) is 18.1 Å². The maximum absolute atomic E-state index is 11.3. The number of nitrogens with two attached hydrogens (primary N) is 1. The molecule has 0 radical (unpaired) electrons. The van der Waals surface area contributed by atoms with Crippen LogP contribution in [0.1, 0.15) is 11.1 Å². The lowest BCUT2D eigenvalue weighted by atomic mass is 10.1. The van der Waals surface area contributed by atoms with Gasteiger partial charge >= 0.3 is 0 Å². The molecule has 0 spiro atoms. The van der Waals surface area contributed by atoms with Crippen LogP contribution in [0.25, 0.3) is 0 Å². The Morgan fingerprint density at radius 1 is 1.14 bits per heavy atom. The largest absolute Gasteiger partial charge is 0.360 e. The minimum atomic E-state index is -0.336. The molecule has 0 bridgehead atoms. The molecule has 2 N–H and O–H groups in total. The van der Waals surface area contributed by atoms with Crippen molar-refractivity contribution in [1.82, 2.24) is 0 Å². The monoisotopic (exact) mass is 285 g/mol. The summed E-state index contributed by atoms with van der Waals surface area (Å²) < 4.78 is 0. The van der Waals surface area contributed by atoms with Gasteiger partial charge in [0.2, 0.25) is 0 Å². The highest BCUT2D eigenvalue weighted by Gasteiger charge is 2.21. The number of nitro benzene ring substituents is 1. The molecule has 0 heterocycles. The second kappa shape index (κ2) is 6.85. The van der Waals surface area contributed by atoms with Crippen LogP contribution in [-0.4, -0.2) is 18.0 Å². The van der Waals surface area contributed by atoms with Crippen LogP contribution in [0.2, 0.25) is 0 Å². The van der Waals surface area contributed by atoms with E-state index in [1.54, 1.807) is 6.07 Å². The fraction of sp³-hybridized carbons (Fsp3) is 0.250. The summed E-state index contributed by atoms with van der Waals surface area (Å²) in [6.45, 7) is 3.50. The Kier molecular flexibility index (Phi) is 4.90. The Hall–Kier alpha value is -2.40. The van der Waals surface area contributed by atoms with Crippen LogP contribution >= 0.6 is 0 Å². The molecule has 0 aliphatic carbocycles. The highest BCUT2D eigenvalue weighted by Crippen LogP contribution is 2.32. The molecule has 0 amide bonds. The summed E-state index contributed by atoms with van der Waals surface area (Å²) in [7, 11) is 0. The zero-order valence-corrected chi connectivity index (χ0v) is 12.0. The van der Waals surface area contributed by atoms with Crippen LogP contribution in [0.5, 0.6) is 0 Å². The van der Waals surface area contributed by atoms with Crippen LogP contribution in [0.3, 0.4) is 0 Å². The van der Waals surface area contributed by atoms with Crippen LogP contribution in [-0.2, 0) is 6.54 Å². The third kappa shape index (κ3) is 3.58. The molecule has 0 fully saturated rings. The average molecular weight is 285 g/mol. The van der Waals surface area contributed by atoms with Gasteiger partial charge < -0.3 is 10.6 Å². The van der Waals surface area contributed by atoms with Crippen molar-refractivity contribution in [2.75, 3.05) is 18.0 Å². The van der Waals surface area contributed by atoms with Gasteiger partial charge in [-0.15, -0.1) is 0 Å². The summed E-state index contributed by atoms with van der Waals surface area (Å²) in [5.74, 6) is 0. The second-order valence-electron chi connectivity index (χ2n) is 4.90. The SMILES string of the molecule is Cc1cccc([N+](=O)[O-])c1N(CCN)Cc1ccccc1. The summed E-state index contributed by atoms with van der Waals surface area (Å²) >= 11 is 0. The predicted molar refractivity (Wildman–Crippen MR) is 84.4 cm³/mol. The van der Waals surface area contributed by atoms with E-state index in [9.17, 15) is 10.1 Å². The number of benzene rings is 2. The van der Waals surface area contributed by atoms with Gasteiger partial charge in [0.05, 0.1) is 4.92 Å². The van der Waals surface area contributed by atoms with E-state index >= 15 is 0 Å². The lowest BCUT2D eigenvalue weighted by Gasteiger charge is -2.25. The first-order valence-electron chi connectivity index (χ1n) is 6.86. The van der Waals surface area contributed by atoms with Crippen LogP contribution in [0.15, 0.2) is 48.5 Å². The maximum Gasteiger partial charge on any atom is 0.292 e. The highest BCUT2D eigenvalue weighted by atomic mass is 16.6. The van der Waals surface area contributed by atoms with Gasteiger partial charge in [-0.2, -0.15) is 0 Å². The highest BCUT2D eigenvalue weighted by molar-refractivity contribution is 5.67. The summed E-state index contributed by atoms with van der Waals surface area (Å²) in [5, 5.41) is 11.3. The minimum absolute atomic E-state index is 0.124. The van der Waals surface area contributed by atoms with Crippen molar-refractivity contribution in [3.05, 3.63) is 69.8 Å². The molecule has 0 unspecified atom stereocenters. The number of aryl methyl sites for hydroxylation is 1. The van der Waals surface area contributed by atoms with Gasteiger partial charge in [0.25, 0.3) is 5.69 Å². The van der Waals surface area contributed by atoms with E-state index in [1.165, 1.54) is 6.07 Å². The summed E-state index contributed by atoms with van der Waals surface area (Å²) in [5.41, 5.74) is 8.44. The number of hydrogen-bond donors (Lipinski definition) is 1. The Bertz CT molecular complexity index is 614. The first-order valence-corrected chi connectivity index (χ1v) is 6.86. The predicted octanol–water partition coefficient (Wildman–Crippen LogP) is 2.87. The van der Waals surface area contributed by atoms with Gasteiger partial charge in [-0.25, -0.2) is 0 Å². The second-order valence-corrected chi connectivity index (χ2v) is 4.90. The summed E-state index contributed by atoms with van der Waals surface area (Å²) in [4.78, 5) is 12.9. The van der Waals surface area contributed by atoms with Gasteiger partial charge in [-0.3, -0.25) is 10.1 Å². The average Bonchev–Trinajstić information content (AvgIpc) is 2.47. The van der Waals surface area contributed by atoms with Crippen molar-refractivity contribution in [3.8, 4) is 0 Å². The molecule has 0 aromatic heterocycles.